The van der Waals surface area contributed by atoms with Gasteiger partial charge in [-0.25, -0.2) is 4.98 Å². The van der Waals surface area contributed by atoms with Crippen LogP contribution < -0.4 is 15.2 Å². The smallest absolute Gasteiger partial charge is 0.416 e. The fourth-order valence-electron chi connectivity index (χ4n) is 2.55. The number of aryl methyl sites for hydroxylation is 2. The SMILES string of the molecule is COc1ncc(C)cc1-c1ccc(C(F)(F)F)cc1Oc1cc(C)c(N)nn1. The first-order valence-corrected chi connectivity index (χ1v) is 8.19. The summed E-state index contributed by atoms with van der Waals surface area (Å²) in [5.74, 6) is 0.432. The summed E-state index contributed by atoms with van der Waals surface area (Å²) in [4.78, 5) is 4.17. The van der Waals surface area contributed by atoms with Gasteiger partial charge < -0.3 is 15.2 Å². The van der Waals surface area contributed by atoms with Crippen molar-refractivity contribution in [3.05, 3.63) is 53.2 Å². The van der Waals surface area contributed by atoms with Gasteiger partial charge in [0.25, 0.3) is 0 Å². The van der Waals surface area contributed by atoms with E-state index < -0.39 is 11.7 Å². The highest BCUT2D eigenvalue weighted by Gasteiger charge is 2.32. The van der Waals surface area contributed by atoms with Gasteiger partial charge >= 0.3 is 6.18 Å². The number of hydrogen-bond acceptors (Lipinski definition) is 6. The molecule has 0 saturated carbocycles. The van der Waals surface area contributed by atoms with Gasteiger partial charge in [0, 0.05) is 23.4 Å². The van der Waals surface area contributed by atoms with Crippen molar-refractivity contribution in [3.8, 4) is 28.6 Å². The molecule has 0 radical (unpaired) electrons. The molecule has 2 N–H and O–H groups in total. The lowest BCUT2D eigenvalue weighted by atomic mass is 10.0. The van der Waals surface area contributed by atoms with Crippen molar-refractivity contribution in [2.24, 2.45) is 0 Å². The van der Waals surface area contributed by atoms with E-state index in [1.165, 1.54) is 19.2 Å². The highest BCUT2D eigenvalue weighted by Crippen LogP contribution is 2.41. The number of methoxy groups -OCH3 is 1. The van der Waals surface area contributed by atoms with Crippen LogP contribution in [-0.4, -0.2) is 22.3 Å². The molecule has 0 amide bonds. The number of ether oxygens (including phenoxy) is 2. The molecule has 1 aromatic carbocycles. The van der Waals surface area contributed by atoms with E-state index in [0.29, 0.717) is 16.7 Å². The Kier molecular flexibility index (Phi) is 5.08. The highest BCUT2D eigenvalue weighted by atomic mass is 19.4. The second-order valence-corrected chi connectivity index (χ2v) is 6.13. The Morgan fingerprint density at radius 2 is 1.75 bits per heavy atom. The number of nitrogen functional groups attached to an aromatic ring is 1. The quantitative estimate of drug-likeness (QED) is 0.703. The fourth-order valence-corrected chi connectivity index (χ4v) is 2.55. The summed E-state index contributed by atoms with van der Waals surface area (Å²) in [5, 5.41) is 7.54. The maximum absolute atomic E-state index is 13.2. The Labute approximate surface area is 159 Å². The maximum atomic E-state index is 13.2. The minimum Gasteiger partial charge on any atom is -0.481 e. The van der Waals surface area contributed by atoms with Crippen LogP contribution in [0.4, 0.5) is 19.0 Å². The van der Waals surface area contributed by atoms with Gasteiger partial charge in [0.05, 0.1) is 12.7 Å². The number of hydrogen-bond donors (Lipinski definition) is 1. The molecule has 0 aliphatic rings. The zero-order valence-corrected chi connectivity index (χ0v) is 15.3. The number of halogens is 3. The normalized spacial score (nSPS) is 11.4. The molecule has 6 nitrogen and oxygen atoms in total. The van der Waals surface area contributed by atoms with E-state index in [0.717, 1.165) is 17.7 Å². The van der Waals surface area contributed by atoms with E-state index in [1.54, 1.807) is 19.2 Å². The van der Waals surface area contributed by atoms with Crippen molar-refractivity contribution in [1.82, 2.24) is 15.2 Å². The molecule has 146 valence electrons. The van der Waals surface area contributed by atoms with Crippen LogP contribution in [0.2, 0.25) is 0 Å². The van der Waals surface area contributed by atoms with Crippen LogP contribution in [0.15, 0.2) is 36.5 Å². The summed E-state index contributed by atoms with van der Waals surface area (Å²) >= 11 is 0. The highest BCUT2D eigenvalue weighted by molar-refractivity contribution is 5.75. The number of aromatic nitrogens is 3. The fraction of sp³-hybridized carbons (Fsp3) is 0.211. The minimum atomic E-state index is -4.53. The van der Waals surface area contributed by atoms with E-state index in [1.807, 2.05) is 6.92 Å². The largest absolute Gasteiger partial charge is 0.481 e. The van der Waals surface area contributed by atoms with Crippen LogP contribution in [0, 0.1) is 13.8 Å². The van der Waals surface area contributed by atoms with Crippen LogP contribution in [0.1, 0.15) is 16.7 Å². The molecule has 9 heteroatoms. The molecule has 2 aromatic heterocycles. The Morgan fingerprint density at radius 1 is 1.00 bits per heavy atom. The molecule has 0 aliphatic carbocycles. The molecule has 0 unspecified atom stereocenters. The third-order valence-corrected chi connectivity index (χ3v) is 4.00. The molecule has 0 spiro atoms. The lowest BCUT2D eigenvalue weighted by Crippen LogP contribution is -2.06. The minimum absolute atomic E-state index is 0.0202. The number of rotatable bonds is 4. The number of nitrogens with two attached hydrogens (primary N) is 1. The van der Waals surface area contributed by atoms with Crippen molar-refractivity contribution in [2.45, 2.75) is 20.0 Å². The van der Waals surface area contributed by atoms with Crippen molar-refractivity contribution < 1.29 is 22.6 Å². The molecule has 0 atom stereocenters. The average Bonchev–Trinajstić information content (AvgIpc) is 2.64. The molecular weight excluding hydrogens is 373 g/mol. The predicted octanol–water partition coefficient (Wildman–Crippen LogP) is 4.56. The zero-order chi connectivity index (χ0) is 20.5. The lowest BCUT2D eigenvalue weighted by molar-refractivity contribution is -0.137. The molecule has 28 heavy (non-hydrogen) atoms. The van der Waals surface area contributed by atoms with Crippen molar-refractivity contribution >= 4 is 5.82 Å². The number of anilines is 1. The Bertz CT molecular complexity index is 1020. The summed E-state index contributed by atoms with van der Waals surface area (Å²) in [5.41, 5.74) is 7.05. The second kappa shape index (κ2) is 7.34. The molecule has 3 aromatic rings. The first-order valence-electron chi connectivity index (χ1n) is 8.19. The summed E-state index contributed by atoms with van der Waals surface area (Å²) in [7, 11) is 1.43. The topological polar surface area (TPSA) is 83.2 Å². The van der Waals surface area contributed by atoms with Crippen molar-refractivity contribution in [3.63, 3.8) is 0 Å². The predicted molar refractivity (Wildman–Crippen MR) is 97.2 cm³/mol. The second-order valence-electron chi connectivity index (χ2n) is 6.13. The monoisotopic (exact) mass is 390 g/mol. The number of benzene rings is 1. The molecule has 2 heterocycles. The van der Waals surface area contributed by atoms with Crippen molar-refractivity contribution in [2.75, 3.05) is 12.8 Å². The van der Waals surface area contributed by atoms with Gasteiger partial charge in [0.2, 0.25) is 11.8 Å². The summed E-state index contributed by atoms with van der Waals surface area (Å²) in [6.07, 6.45) is -2.93. The first-order chi connectivity index (χ1) is 13.2. The van der Waals surface area contributed by atoms with Crippen LogP contribution >= 0.6 is 0 Å². The van der Waals surface area contributed by atoms with Crippen LogP contribution in [0.25, 0.3) is 11.1 Å². The third-order valence-electron chi connectivity index (χ3n) is 4.00. The maximum Gasteiger partial charge on any atom is 0.416 e. The summed E-state index contributed by atoms with van der Waals surface area (Å²) < 4.78 is 50.6. The van der Waals surface area contributed by atoms with Gasteiger partial charge in [-0.1, -0.05) is 0 Å². The number of pyridine rings is 1. The lowest BCUT2D eigenvalue weighted by Gasteiger charge is -2.16. The molecule has 0 aliphatic heterocycles. The summed E-state index contributed by atoms with van der Waals surface area (Å²) in [6.45, 7) is 3.51. The van der Waals surface area contributed by atoms with E-state index in [9.17, 15) is 13.2 Å². The molecule has 0 bridgehead atoms. The van der Waals surface area contributed by atoms with E-state index >= 15 is 0 Å². The Morgan fingerprint density at radius 3 is 2.39 bits per heavy atom. The molecule has 3 rings (SSSR count). The van der Waals surface area contributed by atoms with Crippen LogP contribution in [-0.2, 0) is 6.18 Å². The molecule has 0 fully saturated rings. The van der Waals surface area contributed by atoms with E-state index in [2.05, 4.69) is 15.2 Å². The Balaban J connectivity index is 2.17. The Hall–Kier alpha value is -3.36. The number of nitrogens with zero attached hydrogens (tertiary/aromatic N) is 3. The van der Waals surface area contributed by atoms with Crippen LogP contribution in [0.3, 0.4) is 0 Å². The van der Waals surface area contributed by atoms with Crippen LogP contribution in [0.5, 0.6) is 17.5 Å². The van der Waals surface area contributed by atoms with Gasteiger partial charge in [-0.2, -0.15) is 13.2 Å². The van der Waals surface area contributed by atoms with E-state index in [4.69, 9.17) is 15.2 Å². The molecule has 0 saturated heterocycles. The van der Waals surface area contributed by atoms with Gasteiger partial charge in [0.15, 0.2) is 0 Å². The van der Waals surface area contributed by atoms with E-state index in [-0.39, 0.29) is 23.3 Å². The van der Waals surface area contributed by atoms with Gasteiger partial charge in [-0.15, -0.1) is 10.2 Å². The zero-order valence-electron chi connectivity index (χ0n) is 15.3. The van der Waals surface area contributed by atoms with Gasteiger partial charge in [0.1, 0.15) is 11.6 Å². The number of alkyl halides is 3. The van der Waals surface area contributed by atoms with Gasteiger partial charge in [-0.3, -0.25) is 0 Å². The van der Waals surface area contributed by atoms with Crippen molar-refractivity contribution in [1.29, 1.82) is 0 Å². The summed E-state index contributed by atoms with van der Waals surface area (Å²) in [6, 6.07) is 6.45. The average molecular weight is 390 g/mol. The van der Waals surface area contributed by atoms with Gasteiger partial charge in [-0.05, 0) is 49.2 Å². The third kappa shape index (κ3) is 3.98. The molecular formula is C19H17F3N4O2. The standard InChI is InChI=1S/C19H17F3N4O2/c1-10-6-14(18(27-3)24-9-10)13-5-4-12(19(20,21)22)8-15(13)28-16-7-11(2)17(23)26-25-16/h4-9H,1-3H3,(H2,23,26). The first kappa shape index (κ1) is 19.4.